The molecule has 0 bridgehead atoms. The molecular weight excluding hydrogens is 142 g/mol. The number of rotatable bonds is 3. The van der Waals surface area contributed by atoms with Gasteiger partial charge in [0.05, 0.1) is 6.61 Å². The molecule has 11 heavy (non-hydrogen) atoms. The van der Waals surface area contributed by atoms with Gasteiger partial charge in [-0.1, -0.05) is 6.08 Å². The van der Waals surface area contributed by atoms with Gasteiger partial charge in [-0.15, -0.1) is 6.58 Å². The number of hydrogen-bond acceptors (Lipinski definition) is 3. The lowest BCUT2D eigenvalue weighted by Crippen LogP contribution is -2.24. The van der Waals surface area contributed by atoms with E-state index >= 15 is 0 Å². The van der Waals surface area contributed by atoms with Crippen molar-refractivity contribution in [1.29, 1.82) is 0 Å². The lowest BCUT2D eigenvalue weighted by Gasteiger charge is -2.08. The molecule has 0 heterocycles. The van der Waals surface area contributed by atoms with Crippen LogP contribution in [0.3, 0.4) is 0 Å². The summed E-state index contributed by atoms with van der Waals surface area (Å²) in [5.41, 5.74) is 5.01. The normalized spacial score (nSPS) is 34.5. The van der Waals surface area contributed by atoms with Gasteiger partial charge in [-0.25, -0.2) is 0 Å². The molecule has 0 spiro atoms. The van der Waals surface area contributed by atoms with Crippen molar-refractivity contribution < 1.29 is 9.53 Å². The molecule has 2 atom stereocenters. The van der Waals surface area contributed by atoms with E-state index in [1.165, 1.54) is 0 Å². The highest BCUT2D eigenvalue weighted by molar-refractivity contribution is 5.84. The van der Waals surface area contributed by atoms with Crippen LogP contribution in [0.5, 0.6) is 0 Å². The topological polar surface area (TPSA) is 52.3 Å². The molecule has 1 saturated carbocycles. The van der Waals surface area contributed by atoms with Crippen LogP contribution in [0.2, 0.25) is 0 Å². The first-order chi connectivity index (χ1) is 5.17. The lowest BCUT2D eigenvalue weighted by atomic mass is 10.1. The van der Waals surface area contributed by atoms with E-state index in [2.05, 4.69) is 6.58 Å². The summed E-state index contributed by atoms with van der Waals surface area (Å²) >= 11 is 0. The number of esters is 1. The van der Waals surface area contributed by atoms with Crippen LogP contribution in [-0.2, 0) is 9.53 Å². The van der Waals surface area contributed by atoms with E-state index in [9.17, 15) is 4.79 Å². The number of carbonyl (C=O) groups is 1. The summed E-state index contributed by atoms with van der Waals surface area (Å²) in [7, 11) is 0. The average molecular weight is 155 g/mol. The monoisotopic (exact) mass is 155 g/mol. The zero-order chi connectivity index (χ0) is 8.48. The van der Waals surface area contributed by atoms with Gasteiger partial charge in [-0.3, -0.25) is 4.79 Å². The fraction of sp³-hybridized carbons (Fsp3) is 0.625. The van der Waals surface area contributed by atoms with E-state index in [0.29, 0.717) is 13.0 Å². The Hall–Kier alpha value is -0.830. The summed E-state index contributed by atoms with van der Waals surface area (Å²) in [5.74, 6) is -0.234. The van der Waals surface area contributed by atoms with Crippen LogP contribution in [0.25, 0.3) is 0 Å². The largest absolute Gasteiger partial charge is 0.465 e. The first-order valence-corrected chi connectivity index (χ1v) is 3.73. The summed E-state index contributed by atoms with van der Waals surface area (Å²) in [4.78, 5) is 11.2. The molecule has 2 unspecified atom stereocenters. The molecule has 0 aromatic heterocycles. The van der Waals surface area contributed by atoms with Crippen LogP contribution in [0.1, 0.15) is 13.3 Å². The van der Waals surface area contributed by atoms with Crippen LogP contribution < -0.4 is 5.73 Å². The molecule has 2 N–H and O–H groups in total. The first-order valence-electron chi connectivity index (χ1n) is 3.73. The zero-order valence-corrected chi connectivity index (χ0v) is 6.67. The summed E-state index contributed by atoms with van der Waals surface area (Å²) in [6.45, 7) is 5.75. The molecule has 3 nitrogen and oxygen atoms in total. The van der Waals surface area contributed by atoms with Crippen molar-refractivity contribution in [3.63, 3.8) is 0 Å². The fourth-order valence-corrected chi connectivity index (χ4v) is 1.12. The second kappa shape index (κ2) is 2.66. The highest BCUT2D eigenvalue weighted by Gasteiger charge is 2.57. The standard InChI is InChI=1S/C8H13NO2/c1-3-8(5-6(8)9)7(10)11-4-2/h3,6H,1,4-5,9H2,2H3. The van der Waals surface area contributed by atoms with Crippen LogP contribution in [0.4, 0.5) is 0 Å². The fourth-order valence-electron chi connectivity index (χ4n) is 1.12. The molecule has 0 amide bonds. The summed E-state index contributed by atoms with van der Waals surface area (Å²) in [6, 6.07) is -0.0842. The second-order valence-electron chi connectivity index (χ2n) is 2.78. The van der Waals surface area contributed by atoms with Crippen molar-refractivity contribution in [3.05, 3.63) is 12.7 Å². The van der Waals surface area contributed by atoms with Crippen molar-refractivity contribution in [2.24, 2.45) is 11.1 Å². The summed E-state index contributed by atoms with van der Waals surface area (Å²) < 4.78 is 4.84. The van der Waals surface area contributed by atoms with Crippen molar-refractivity contribution in [3.8, 4) is 0 Å². The Bertz CT molecular complexity index is 191. The smallest absolute Gasteiger partial charge is 0.317 e. The van der Waals surface area contributed by atoms with Crippen LogP contribution in [0, 0.1) is 5.41 Å². The molecule has 0 aliphatic heterocycles. The van der Waals surface area contributed by atoms with Gasteiger partial charge in [0.2, 0.25) is 0 Å². The predicted octanol–water partition coefficient (Wildman–Crippen LogP) is 0.453. The first kappa shape index (κ1) is 8.27. The van der Waals surface area contributed by atoms with E-state index in [0.717, 1.165) is 0 Å². The van der Waals surface area contributed by atoms with Gasteiger partial charge < -0.3 is 10.5 Å². The maximum atomic E-state index is 11.2. The Kier molecular flexibility index (Phi) is 2.00. The zero-order valence-electron chi connectivity index (χ0n) is 6.67. The average Bonchev–Trinajstić information content (AvgIpc) is 2.63. The minimum absolute atomic E-state index is 0.0842. The highest BCUT2D eigenvalue weighted by atomic mass is 16.5. The molecule has 0 radical (unpaired) electrons. The number of ether oxygens (including phenoxy) is 1. The van der Waals surface area contributed by atoms with E-state index in [4.69, 9.17) is 10.5 Å². The Morgan fingerprint density at radius 1 is 2.00 bits per heavy atom. The number of hydrogen-bond donors (Lipinski definition) is 1. The van der Waals surface area contributed by atoms with Crippen LogP contribution in [-0.4, -0.2) is 18.6 Å². The van der Waals surface area contributed by atoms with Crippen molar-refractivity contribution in [2.75, 3.05) is 6.61 Å². The molecule has 1 aliphatic carbocycles. The Labute approximate surface area is 66.2 Å². The predicted molar refractivity (Wildman–Crippen MR) is 41.9 cm³/mol. The maximum Gasteiger partial charge on any atom is 0.317 e. The number of nitrogens with two attached hydrogens (primary N) is 1. The number of carbonyl (C=O) groups excluding carboxylic acids is 1. The minimum atomic E-state index is -0.560. The van der Waals surface area contributed by atoms with Crippen molar-refractivity contribution >= 4 is 5.97 Å². The second-order valence-corrected chi connectivity index (χ2v) is 2.78. The van der Waals surface area contributed by atoms with Gasteiger partial charge in [-0.05, 0) is 13.3 Å². The van der Waals surface area contributed by atoms with E-state index in [-0.39, 0.29) is 12.0 Å². The third kappa shape index (κ3) is 1.16. The molecule has 1 fully saturated rings. The Morgan fingerprint density at radius 3 is 2.82 bits per heavy atom. The van der Waals surface area contributed by atoms with E-state index < -0.39 is 5.41 Å². The lowest BCUT2D eigenvalue weighted by molar-refractivity contribution is -0.147. The van der Waals surface area contributed by atoms with Gasteiger partial charge in [0.1, 0.15) is 5.41 Å². The van der Waals surface area contributed by atoms with Gasteiger partial charge in [0, 0.05) is 6.04 Å². The van der Waals surface area contributed by atoms with Crippen molar-refractivity contribution in [1.82, 2.24) is 0 Å². The molecule has 1 aliphatic rings. The molecule has 3 heteroatoms. The van der Waals surface area contributed by atoms with Crippen molar-refractivity contribution in [2.45, 2.75) is 19.4 Å². The third-order valence-corrected chi connectivity index (χ3v) is 2.08. The molecule has 0 aromatic rings. The quantitative estimate of drug-likeness (QED) is 0.475. The van der Waals surface area contributed by atoms with Gasteiger partial charge >= 0.3 is 5.97 Å². The summed E-state index contributed by atoms with van der Waals surface area (Å²) in [6.07, 6.45) is 2.27. The highest BCUT2D eigenvalue weighted by Crippen LogP contribution is 2.46. The molecular formula is C8H13NO2. The SMILES string of the molecule is C=CC1(C(=O)OCC)CC1N. The maximum absolute atomic E-state index is 11.2. The Morgan fingerprint density at radius 2 is 2.55 bits per heavy atom. The Balaban J connectivity index is 2.58. The molecule has 0 aromatic carbocycles. The van der Waals surface area contributed by atoms with E-state index in [1.807, 2.05) is 0 Å². The molecule has 62 valence electrons. The molecule has 0 saturated heterocycles. The van der Waals surface area contributed by atoms with Crippen LogP contribution in [0.15, 0.2) is 12.7 Å². The third-order valence-electron chi connectivity index (χ3n) is 2.08. The van der Waals surface area contributed by atoms with Gasteiger partial charge in [0.15, 0.2) is 0 Å². The van der Waals surface area contributed by atoms with E-state index in [1.54, 1.807) is 13.0 Å². The molecule has 1 rings (SSSR count). The van der Waals surface area contributed by atoms with Gasteiger partial charge in [-0.2, -0.15) is 0 Å². The minimum Gasteiger partial charge on any atom is -0.465 e. The van der Waals surface area contributed by atoms with Crippen LogP contribution >= 0.6 is 0 Å². The summed E-state index contributed by atoms with van der Waals surface area (Å²) in [5, 5.41) is 0. The van der Waals surface area contributed by atoms with Gasteiger partial charge in [0.25, 0.3) is 0 Å².